The lowest BCUT2D eigenvalue weighted by molar-refractivity contribution is -0.192. The van der Waals surface area contributed by atoms with Gasteiger partial charge in [0.15, 0.2) is 0 Å². The third-order valence-corrected chi connectivity index (χ3v) is 6.02. The Balaban J connectivity index is 0.000000339. The molecule has 4 heterocycles. The Morgan fingerprint density at radius 2 is 2.06 bits per heavy atom. The highest BCUT2D eigenvalue weighted by Gasteiger charge is 2.41. The van der Waals surface area contributed by atoms with E-state index in [1.165, 1.54) is 5.56 Å². The number of alkyl halides is 3. The molecular formula is C20H24F3N3O4S. The SMILES string of the molecule is Cn1cccc1C(=O)NC[C@H]1C[C@@H]2CN(Cc3ccsc3)C[C@@H]2O1.O=C(O)C(F)(F)F. The van der Waals surface area contributed by atoms with Crippen molar-refractivity contribution in [3.8, 4) is 0 Å². The zero-order valence-electron chi connectivity index (χ0n) is 16.8. The molecule has 170 valence electrons. The number of rotatable bonds is 5. The lowest BCUT2D eigenvalue weighted by Crippen LogP contribution is -2.34. The first kappa shape index (κ1) is 23.3. The van der Waals surface area contributed by atoms with Crippen LogP contribution in [-0.2, 0) is 23.1 Å². The van der Waals surface area contributed by atoms with E-state index in [4.69, 9.17) is 14.6 Å². The summed E-state index contributed by atoms with van der Waals surface area (Å²) in [5, 5.41) is 14.5. The molecule has 2 aromatic heterocycles. The number of nitrogens with zero attached hydrogens (tertiary/aromatic N) is 2. The number of hydrogen-bond donors (Lipinski definition) is 2. The van der Waals surface area contributed by atoms with Crippen LogP contribution in [0.1, 0.15) is 22.5 Å². The molecule has 7 nitrogen and oxygen atoms in total. The van der Waals surface area contributed by atoms with Gasteiger partial charge in [0.25, 0.3) is 5.91 Å². The number of aromatic nitrogens is 1. The van der Waals surface area contributed by atoms with Crippen LogP contribution in [0, 0.1) is 5.92 Å². The molecule has 2 aliphatic rings. The van der Waals surface area contributed by atoms with Crippen LogP contribution >= 0.6 is 11.3 Å². The predicted molar refractivity (Wildman–Crippen MR) is 108 cm³/mol. The van der Waals surface area contributed by atoms with Crippen molar-refractivity contribution in [2.45, 2.75) is 31.3 Å². The number of carboxylic acid groups (broad SMARTS) is 1. The maximum atomic E-state index is 12.2. The van der Waals surface area contributed by atoms with E-state index >= 15 is 0 Å². The molecule has 31 heavy (non-hydrogen) atoms. The molecule has 2 aromatic rings. The van der Waals surface area contributed by atoms with Crippen LogP contribution in [-0.4, -0.2) is 64.5 Å². The molecule has 4 rings (SSSR count). The maximum Gasteiger partial charge on any atom is 0.490 e. The summed E-state index contributed by atoms with van der Waals surface area (Å²) in [5.41, 5.74) is 2.08. The van der Waals surface area contributed by atoms with E-state index in [9.17, 15) is 18.0 Å². The van der Waals surface area contributed by atoms with Gasteiger partial charge in [-0.2, -0.15) is 24.5 Å². The fraction of sp³-hybridized carbons (Fsp3) is 0.500. The van der Waals surface area contributed by atoms with E-state index < -0.39 is 12.1 Å². The van der Waals surface area contributed by atoms with Gasteiger partial charge in [-0.15, -0.1) is 0 Å². The second-order valence-corrected chi connectivity index (χ2v) is 8.42. The van der Waals surface area contributed by atoms with E-state index in [1.54, 1.807) is 11.3 Å². The number of carboxylic acids is 1. The van der Waals surface area contributed by atoms with Crippen LogP contribution in [0.15, 0.2) is 35.2 Å². The molecule has 0 bridgehead atoms. The summed E-state index contributed by atoms with van der Waals surface area (Å²) in [7, 11) is 1.88. The van der Waals surface area contributed by atoms with Crippen molar-refractivity contribution in [1.29, 1.82) is 0 Å². The molecule has 0 aromatic carbocycles. The lowest BCUT2D eigenvalue weighted by atomic mass is 10.0. The Hall–Kier alpha value is -2.37. The molecule has 1 amide bonds. The van der Waals surface area contributed by atoms with E-state index in [-0.39, 0.29) is 12.0 Å². The predicted octanol–water partition coefficient (Wildman–Crippen LogP) is 2.74. The first-order chi connectivity index (χ1) is 14.6. The Bertz CT molecular complexity index is 871. The van der Waals surface area contributed by atoms with Crippen molar-refractivity contribution >= 4 is 23.2 Å². The minimum absolute atomic E-state index is 0.0257. The van der Waals surface area contributed by atoms with Crippen LogP contribution in [0.2, 0.25) is 0 Å². The van der Waals surface area contributed by atoms with Gasteiger partial charge in [0.1, 0.15) is 5.69 Å². The summed E-state index contributed by atoms with van der Waals surface area (Å²) in [6.45, 7) is 3.72. The fourth-order valence-electron chi connectivity index (χ4n) is 3.84. The number of hydrogen-bond acceptors (Lipinski definition) is 5. The van der Waals surface area contributed by atoms with Gasteiger partial charge >= 0.3 is 12.1 Å². The number of fused-ring (bicyclic) bond motifs is 1. The Morgan fingerprint density at radius 1 is 1.32 bits per heavy atom. The molecular weight excluding hydrogens is 435 g/mol. The molecule has 2 N–H and O–H groups in total. The minimum Gasteiger partial charge on any atom is -0.475 e. The molecule has 0 saturated carbocycles. The number of carbonyl (C=O) groups is 2. The summed E-state index contributed by atoms with van der Waals surface area (Å²) in [5.74, 6) is -2.18. The number of carbonyl (C=O) groups excluding carboxylic acids is 1. The zero-order valence-corrected chi connectivity index (χ0v) is 17.7. The summed E-state index contributed by atoms with van der Waals surface area (Å²) in [6, 6.07) is 5.91. The number of likely N-dealkylation sites (tertiary alicyclic amines) is 1. The average molecular weight is 459 g/mol. The van der Waals surface area contributed by atoms with Crippen molar-refractivity contribution < 1.29 is 32.6 Å². The van der Waals surface area contributed by atoms with Crippen LogP contribution in [0.3, 0.4) is 0 Å². The summed E-state index contributed by atoms with van der Waals surface area (Å²) in [6.07, 6.45) is -1.70. The van der Waals surface area contributed by atoms with Crippen molar-refractivity contribution in [3.05, 3.63) is 46.4 Å². The molecule has 0 spiro atoms. The van der Waals surface area contributed by atoms with Crippen molar-refractivity contribution in [1.82, 2.24) is 14.8 Å². The summed E-state index contributed by atoms with van der Waals surface area (Å²) >= 11 is 1.75. The smallest absolute Gasteiger partial charge is 0.475 e. The number of thiophene rings is 1. The highest BCUT2D eigenvalue weighted by atomic mass is 32.1. The minimum atomic E-state index is -5.08. The highest BCUT2D eigenvalue weighted by Crippen LogP contribution is 2.33. The monoisotopic (exact) mass is 459 g/mol. The third-order valence-electron chi connectivity index (χ3n) is 5.28. The van der Waals surface area contributed by atoms with Crippen molar-refractivity contribution in [3.63, 3.8) is 0 Å². The summed E-state index contributed by atoms with van der Waals surface area (Å²) < 4.78 is 39.7. The molecule has 2 fully saturated rings. The van der Waals surface area contributed by atoms with Gasteiger partial charge in [-0.25, -0.2) is 4.79 Å². The van der Waals surface area contributed by atoms with Gasteiger partial charge in [0.2, 0.25) is 0 Å². The van der Waals surface area contributed by atoms with Crippen LogP contribution in [0.5, 0.6) is 0 Å². The van der Waals surface area contributed by atoms with Crippen molar-refractivity contribution in [2.75, 3.05) is 19.6 Å². The number of ether oxygens (including phenoxy) is 1. The van der Waals surface area contributed by atoms with Crippen LogP contribution in [0.25, 0.3) is 0 Å². The average Bonchev–Trinajstić information content (AvgIpc) is 3.45. The van der Waals surface area contributed by atoms with E-state index in [2.05, 4.69) is 27.0 Å². The zero-order chi connectivity index (χ0) is 22.6. The standard InChI is InChI=1S/C18H23N3O2S.C2HF3O2/c1-20-5-2-3-16(20)18(22)19-8-15-7-14-10-21(11-17(14)23-15)9-13-4-6-24-12-13;3-2(4,5)1(6)7/h2-6,12,14-15,17H,7-11H2,1H3,(H,19,22);(H,6,7)/t14-,15-,17+;/m1./s1. The first-order valence-electron chi connectivity index (χ1n) is 9.72. The molecule has 2 aliphatic heterocycles. The van der Waals surface area contributed by atoms with Crippen LogP contribution < -0.4 is 5.32 Å². The normalized spacial score (nSPS) is 23.2. The molecule has 3 atom stereocenters. The molecule has 0 radical (unpaired) electrons. The molecule has 0 aliphatic carbocycles. The lowest BCUT2D eigenvalue weighted by Gasteiger charge is -2.19. The largest absolute Gasteiger partial charge is 0.490 e. The number of amides is 1. The second kappa shape index (κ2) is 9.84. The summed E-state index contributed by atoms with van der Waals surface area (Å²) in [4.78, 5) is 23.5. The van der Waals surface area contributed by atoms with E-state index in [0.29, 0.717) is 24.3 Å². The fourth-order valence-corrected chi connectivity index (χ4v) is 4.50. The Kier molecular flexibility index (Phi) is 7.39. The maximum absolute atomic E-state index is 12.2. The Morgan fingerprint density at radius 3 is 2.61 bits per heavy atom. The highest BCUT2D eigenvalue weighted by molar-refractivity contribution is 7.07. The number of nitrogens with one attached hydrogen (secondary N) is 1. The number of halogens is 3. The Labute approximate surface area is 181 Å². The van der Waals surface area contributed by atoms with E-state index in [1.807, 2.05) is 29.9 Å². The quantitative estimate of drug-likeness (QED) is 0.719. The van der Waals surface area contributed by atoms with E-state index in [0.717, 1.165) is 26.1 Å². The van der Waals surface area contributed by atoms with Gasteiger partial charge in [0, 0.05) is 45.3 Å². The number of aliphatic carboxylic acids is 1. The van der Waals surface area contributed by atoms with Gasteiger partial charge in [-0.3, -0.25) is 9.69 Å². The van der Waals surface area contributed by atoms with Crippen LogP contribution in [0.4, 0.5) is 13.2 Å². The molecule has 0 unspecified atom stereocenters. The molecule has 11 heteroatoms. The van der Waals surface area contributed by atoms with Gasteiger partial charge in [0.05, 0.1) is 12.2 Å². The third kappa shape index (κ3) is 6.31. The van der Waals surface area contributed by atoms with Gasteiger partial charge in [-0.1, -0.05) is 0 Å². The molecule has 2 saturated heterocycles. The van der Waals surface area contributed by atoms with Gasteiger partial charge < -0.3 is 19.7 Å². The van der Waals surface area contributed by atoms with Gasteiger partial charge in [-0.05, 0) is 40.9 Å². The second-order valence-electron chi connectivity index (χ2n) is 7.64. The number of aryl methyl sites for hydroxylation is 1. The van der Waals surface area contributed by atoms with Crippen molar-refractivity contribution in [2.24, 2.45) is 13.0 Å². The topological polar surface area (TPSA) is 83.8 Å². The first-order valence-corrected chi connectivity index (χ1v) is 10.7.